The predicted octanol–water partition coefficient (Wildman–Crippen LogP) is 19.7. The fraction of sp³-hybridized carbons (Fsp3) is 0.833. The van der Waals surface area contributed by atoms with Crippen molar-refractivity contribution in [2.75, 3.05) is 191 Å². The molecule has 0 aromatic heterocycles. The SMILES string of the molecule is CC1CCN(CC#CC(C)(C)C)C1.CC1CCN(CC#CC(C)(C)C)C1.COC1CCN(CC#CC(C)(C)C)C1.CO[C@@H]1CCN(CC#CC(C)(C)C)C1.CO[C@H]1CCN(CC#CC(C)(C)C)C1.C[C@@H]1CCN(CC#CC(C)(C)C)C1.C[C@@H]1CCN(CC#CC(C)(C)C)C1.C[C@H](C#CC(C)(C)C)N1CCCC1.C[C@H]1CCN(CC#CC(C)(C)C)C1. The highest BCUT2D eigenvalue weighted by atomic mass is 16.5. The molecule has 0 aromatic rings. The fourth-order valence-corrected chi connectivity index (χ4v) is 14.1. The molecule has 0 aromatic carbocycles. The van der Waals surface area contributed by atoms with Gasteiger partial charge in [0.15, 0.2) is 0 Å². The molecule has 0 aliphatic carbocycles. The van der Waals surface area contributed by atoms with Crippen molar-refractivity contribution in [1.29, 1.82) is 0 Å². The summed E-state index contributed by atoms with van der Waals surface area (Å²) in [7, 11) is 5.36. The molecule has 0 radical (unpaired) electrons. The summed E-state index contributed by atoms with van der Waals surface area (Å²) in [6, 6.07) is 0.446. The largest absolute Gasteiger partial charge is 0.380 e. The van der Waals surface area contributed by atoms with E-state index >= 15 is 0 Å². The van der Waals surface area contributed by atoms with E-state index in [9.17, 15) is 0 Å². The van der Waals surface area contributed by atoms with Crippen molar-refractivity contribution in [3.05, 3.63) is 0 Å². The number of methoxy groups -OCH3 is 3. The number of rotatable bonds is 12. The Balaban J connectivity index is 0.000000675. The van der Waals surface area contributed by atoms with Crippen LogP contribution in [0.5, 0.6) is 0 Å². The Morgan fingerprint density at radius 1 is 0.233 bits per heavy atom. The van der Waals surface area contributed by atoms with Crippen LogP contribution in [0.4, 0.5) is 0 Å². The molecule has 3 unspecified atom stereocenters. The van der Waals surface area contributed by atoms with Crippen molar-refractivity contribution in [3.63, 3.8) is 0 Å². The third-order valence-electron chi connectivity index (χ3n) is 20.7. The lowest BCUT2D eigenvalue weighted by Crippen LogP contribution is -2.28. The molecule has 0 bridgehead atoms. The van der Waals surface area contributed by atoms with Gasteiger partial charge in [-0.25, -0.2) is 0 Å². The van der Waals surface area contributed by atoms with Gasteiger partial charge in [0.2, 0.25) is 0 Å². The zero-order valence-electron chi connectivity index (χ0n) is 85.4. The van der Waals surface area contributed by atoms with Crippen LogP contribution in [0.15, 0.2) is 0 Å². The summed E-state index contributed by atoms with van der Waals surface area (Å²) in [5.74, 6) is 63.1. The van der Waals surface area contributed by atoms with Gasteiger partial charge in [0.25, 0.3) is 0 Å². The van der Waals surface area contributed by atoms with Gasteiger partial charge in [0.05, 0.1) is 76.7 Å². The Labute approximate surface area is 747 Å². The summed E-state index contributed by atoms with van der Waals surface area (Å²) in [6.45, 7) is 101. The summed E-state index contributed by atoms with van der Waals surface area (Å²) in [5, 5.41) is 0. The second-order valence-electron chi connectivity index (χ2n) is 45.6. The lowest BCUT2D eigenvalue weighted by molar-refractivity contribution is 0.109. The Morgan fingerprint density at radius 3 is 0.525 bits per heavy atom. The van der Waals surface area contributed by atoms with Gasteiger partial charge in [-0.2, -0.15) is 0 Å². The van der Waals surface area contributed by atoms with Crippen molar-refractivity contribution in [3.8, 4) is 107 Å². The monoisotopic (exact) mass is 1660 g/mol. The van der Waals surface area contributed by atoms with Crippen LogP contribution in [0, 0.1) is 185 Å². The highest BCUT2D eigenvalue weighted by Gasteiger charge is 2.26. The maximum atomic E-state index is 5.30. The van der Waals surface area contributed by atoms with Gasteiger partial charge < -0.3 is 14.2 Å². The van der Waals surface area contributed by atoms with Crippen LogP contribution < -0.4 is 0 Å². The minimum Gasteiger partial charge on any atom is -0.380 e. The van der Waals surface area contributed by atoms with E-state index in [-0.39, 0.29) is 48.7 Å². The second-order valence-corrected chi connectivity index (χ2v) is 45.6. The Kier molecular flexibility index (Phi) is 54.2. The van der Waals surface area contributed by atoms with Crippen LogP contribution in [0.2, 0.25) is 0 Å². The van der Waals surface area contributed by atoms with Gasteiger partial charge in [-0.15, -0.1) is 0 Å². The fourth-order valence-electron chi connectivity index (χ4n) is 14.1. The Morgan fingerprint density at radius 2 is 0.392 bits per heavy atom. The lowest BCUT2D eigenvalue weighted by atomic mass is 9.97. The summed E-state index contributed by atoms with van der Waals surface area (Å²) < 4.78 is 15.9. The van der Waals surface area contributed by atoms with Gasteiger partial charge in [0, 0.05) is 142 Å². The highest BCUT2D eigenvalue weighted by molar-refractivity contribution is 5.16. The molecule has 9 fully saturated rings. The molecule has 9 rings (SSSR count). The highest BCUT2D eigenvalue weighted by Crippen LogP contribution is 2.23. The molecule has 9 atom stereocenters. The van der Waals surface area contributed by atoms with Gasteiger partial charge in [-0.05, 0) is 333 Å². The third-order valence-corrected chi connectivity index (χ3v) is 20.7. The van der Waals surface area contributed by atoms with E-state index in [4.69, 9.17) is 14.2 Å². The minimum absolute atomic E-state index is 0.125. The van der Waals surface area contributed by atoms with E-state index in [2.05, 4.69) is 379 Å². The number of nitrogens with zero attached hydrogens (tertiary/aromatic N) is 9. The van der Waals surface area contributed by atoms with E-state index in [0.29, 0.717) is 24.4 Å². The average molecular weight is 1660 g/mol. The van der Waals surface area contributed by atoms with Crippen molar-refractivity contribution in [1.82, 2.24) is 44.1 Å². The Bertz CT molecular complexity index is 3000. The Hall–Kier alpha value is -4.44. The molecule has 0 saturated carbocycles. The van der Waals surface area contributed by atoms with Crippen LogP contribution in [-0.2, 0) is 14.2 Å². The topological polar surface area (TPSA) is 56.9 Å². The summed E-state index contributed by atoms with van der Waals surface area (Å²) >= 11 is 0. The first kappa shape index (κ1) is 114. The molecule has 9 heterocycles. The normalized spacial score (nSPS) is 23.5. The third kappa shape index (κ3) is 67.0. The number of hydrogen-bond acceptors (Lipinski definition) is 12. The van der Waals surface area contributed by atoms with Gasteiger partial charge in [0.1, 0.15) is 0 Å². The average Bonchev–Trinajstić information content (AvgIpc) is 1.83. The van der Waals surface area contributed by atoms with Gasteiger partial charge in [-0.3, -0.25) is 44.1 Å². The molecule has 9 aliphatic heterocycles. The van der Waals surface area contributed by atoms with Crippen LogP contribution in [-0.4, -0.2) is 260 Å². The first-order valence-electron chi connectivity index (χ1n) is 47.0. The van der Waals surface area contributed by atoms with Crippen LogP contribution in [0.1, 0.15) is 293 Å². The molecular weight excluding hydrogens is 1470 g/mol. The maximum absolute atomic E-state index is 5.30. The van der Waals surface area contributed by atoms with Crippen LogP contribution in [0.25, 0.3) is 0 Å². The van der Waals surface area contributed by atoms with Crippen molar-refractivity contribution in [2.45, 2.75) is 317 Å². The van der Waals surface area contributed by atoms with E-state index in [1.54, 1.807) is 21.3 Å². The van der Waals surface area contributed by atoms with E-state index < -0.39 is 0 Å². The second kappa shape index (κ2) is 57.3. The summed E-state index contributed by atoms with van der Waals surface area (Å²) in [4.78, 5) is 21.8. The first-order chi connectivity index (χ1) is 55.4. The summed E-state index contributed by atoms with van der Waals surface area (Å²) in [5.41, 5.74) is 1.31. The molecule has 684 valence electrons. The number of hydrogen-bond donors (Lipinski definition) is 0. The smallest absolute Gasteiger partial charge is 0.0710 e. The maximum Gasteiger partial charge on any atom is 0.0710 e. The first-order valence-corrected chi connectivity index (χ1v) is 47.0. The molecule has 120 heavy (non-hydrogen) atoms. The van der Waals surface area contributed by atoms with Gasteiger partial charge in [-0.1, -0.05) is 141 Å². The molecule has 9 aliphatic rings. The number of ether oxygens (including phenoxy) is 3. The van der Waals surface area contributed by atoms with Gasteiger partial charge >= 0.3 is 0 Å². The molecule has 0 amide bonds. The van der Waals surface area contributed by atoms with E-state index in [1.165, 1.54) is 123 Å². The molecule has 0 spiro atoms. The lowest BCUT2D eigenvalue weighted by Gasteiger charge is -2.19. The molecular formula is C108H189N9O3. The van der Waals surface area contributed by atoms with Crippen LogP contribution in [0.3, 0.4) is 0 Å². The quantitative estimate of drug-likeness (QED) is 0.175. The zero-order valence-corrected chi connectivity index (χ0v) is 85.4. The molecule has 9 saturated heterocycles. The van der Waals surface area contributed by atoms with Crippen molar-refractivity contribution in [2.24, 2.45) is 78.3 Å². The zero-order chi connectivity index (χ0) is 91.2. The predicted molar refractivity (Wildman–Crippen MR) is 522 cm³/mol. The molecule has 12 nitrogen and oxygen atoms in total. The van der Waals surface area contributed by atoms with Crippen LogP contribution >= 0.6 is 0 Å². The standard InChI is InChI=1S/3C12H21NO.6C12H21N/c3*1-12(2,3)7-5-8-13-9-6-11(10-13)14-4;5*1-11-6-9-13(10-11)8-5-7-12(2,3)4;1-11(7-8-12(2,3)4)13-9-5-6-10-13/h3*11H,6,8-10H2,1-4H3;5*11H,6,8-10H2,1-4H3;11H,5-6,9-10H2,1-4H3/t2*11-;;3*11-;;;11-/m10.110..1/s1. The van der Waals surface area contributed by atoms with E-state index in [0.717, 1.165) is 140 Å². The van der Waals surface area contributed by atoms with Crippen molar-refractivity contribution >= 4 is 0 Å². The van der Waals surface area contributed by atoms with Crippen molar-refractivity contribution < 1.29 is 14.2 Å². The minimum atomic E-state index is 0.125. The molecule has 0 N–H and O–H groups in total. The summed E-state index contributed by atoms with van der Waals surface area (Å²) in [6.07, 6.45) is 14.1. The van der Waals surface area contributed by atoms with E-state index in [1.807, 2.05) is 0 Å². The number of likely N-dealkylation sites (tertiary alicyclic amines) is 9. The molecule has 12 heteroatoms.